The van der Waals surface area contributed by atoms with E-state index in [1.807, 2.05) is 6.08 Å². The van der Waals surface area contributed by atoms with Gasteiger partial charge in [-0.1, -0.05) is 13.2 Å². The fraction of sp³-hybridized carbons (Fsp3) is 0.579. The maximum absolute atomic E-state index is 12.2. The summed E-state index contributed by atoms with van der Waals surface area (Å²) in [4.78, 5) is 24.3. The number of ether oxygens (including phenoxy) is 4. The monoisotopic (exact) mass is 362 g/mol. The Balaban J connectivity index is 1.76. The highest BCUT2D eigenvalue weighted by atomic mass is 16.7. The van der Waals surface area contributed by atoms with Gasteiger partial charge in [-0.05, 0) is 31.4 Å². The minimum atomic E-state index is -1.13. The number of aliphatic hydroxyl groups is 1. The number of hydrogen-bond acceptors (Lipinski definition) is 7. The number of aliphatic hydroxyl groups excluding tert-OH is 1. The van der Waals surface area contributed by atoms with Gasteiger partial charge < -0.3 is 24.1 Å². The predicted molar refractivity (Wildman–Crippen MR) is 88.7 cm³/mol. The molecule has 7 nitrogen and oxygen atoms in total. The van der Waals surface area contributed by atoms with Crippen molar-refractivity contribution in [3.63, 3.8) is 0 Å². The highest BCUT2D eigenvalue weighted by Crippen LogP contribution is 2.51. The van der Waals surface area contributed by atoms with Crippen LogP contribution in [0.3, 0.4) is 0 Å². The fourth-order valence-corrected chi connectivity index (χ4v) is 4.09. The number of rotatable bonds is 2. The first kappa shape index (κ1) is 17.5. The minimum Gasteiger partial charge on any atom is -0.458 e. The van der Waals surface area contributed by atoms with E-state index in [0.29, 0.717) is 0 Å². The fourth-order valence-electron chi connectivity index (χ4n) is 4.09. The van der Waals surface area contributed by atoms with Crippen LogP contribution in [0, 0.1) is 5.92 Å². The number of carbonyl (C=O) groups is 2. The zero-order valence-electron chi connectivity index (χ0n) is 14.6. The van der Waals surface area contributed by atoms with Crippen LogP contribution in [-0.2, 0) is 28.5 Å². The van der Waals surface area contributed by atoms with Crippen LogP contribution in [0.1, 0.15) is 26.2 Å². The van der Waals surface area contributed by atoms with Gasteiger partial charge in [0, 0.05) is 17.6 Å². The van der Waals surface area contributed by atoms with E-state index in [4.69, 9.17) is 18.9 Å². The maximum atomic E-state index is 12.2. The molecule has 3 saturated heterocycles. The highest BCUT2D eigenvalue weighted by molar-refractivity contribution is 5.91. The molecule has 1 aliphatic carbocycles. The molecule has 140 valence electrons. The Morgan fingerprint density at radius 3 is 2.96 bits per heavy atom. The molecular formula is C19H22O7. The Bertz CT molecular complexity index is 723. The summed E-state index contributed by atoms with van der Waals surface area (Å²) >= 11 is 0. The molecule has 0 amide bonds. The molecule has 0 aromatic heterocycles. The largest absolute Gasteiger partial charge is 0.458 e. The zero-order valence-corrected chi connectivity index (χ0v) is 14.6. The second kappa shape index (κ2) is 6.04. The van der Waals surface area contributed by atoms with Crippen LogP contribution in [0.4, 0.5) is 0 Å². The summed E-state index contributed by atoms with van der Waals surface area (Å²) < 4.78 is 22.5. The molecule has 5 aliphatic rings. The summed E-state index contributed by atoms with van der Waals surface area (Å²) in [5, 5.41) is 10.5. The minimum absolute atomic E-state index is 0.185. The molecule has 0 saturated carbocycles. The van der Waals surface area contributed by atoms with E-state index < -0.39 is 42.0 Å². The van der Waals surface area contributed by atoms with Gasteiger partial charge in [-0.25, -0.2) is 9.59 Å². The molecule has 1 N–H and O–H groups in total. The smallest absolute Gasteiger partial charge is 0.334 e. The van der Waals surface area contributed by atoms with Gasteiger partial charge in [0.1, 0.15) is 17.8 Å². The van der Waals surface area contributed by atoms with Crippen LogP contribution in [0.15, 0.2) is 36.0 Å². The lowest BCUT2D eigenvalue weighted by atomic mass is 9.81. The lowest BCUT2D eigenvalue weighted by Gasteiger charge is -2.33. The average Bonchev–Trinajstić information content (AvgIpc) is 3.20. The first-order valence-corrected chi connectivity index (χ1v) is 8.75. The molecule has 0 aromatic carbocycles. The molecular weight excluding hydrogens is 340 g/mol. The molecule has 5 rings (SSSR count). The van der Waals surface area contributed by atoms with E-state index in [9.17, 15) is 14.7 Å². The zero-order chi connectivity index (χ0) is 18.6. The molecule has 6 atom stereocenters. The van der Waals surface area contributed by atoms with Gasteiger partial charge in [-0.3, -0.25) is 0 Å². The molecule has 26 heavy (non-hydrogen) atoms. The molecule has 7 heteroatoms. The molecule has 4 heterocycles. The third kappa shape index (κ3) is 2.71. The van der Waals surface area contributed by atoms with Crippen LogP contribution >= 0.6 is 0 Å². The Kier molecular flexibility index (Phi) is 4.06. The molecule has 1 unspecified atom stereocenters. The first-order valence-electron chi connectivity index (χ1n) is 8.75. The molecule has 1 spiro atoms. The van der Waals surface area contributed by atoms with Gasteiger partial charge in [0.15, 0.2) is 6.29 Å². The molecule has 0 radical (unpaired) electrons. The highest BCUT2D eigenvalue weighted by Gasteiger charge is 2.65. The van der Waals surface area contributed by atoms with Crippen molar-refractivity contribution in [2.45, 2.75) is 56.4 Å². The van der Waals surface area contributed by atoms with Gasteiger partial charge in [0.25, 0.3) is 0 Å². The third-order valence-corrected chi connectivity index (χ3v) is 5.61. The number of esters is 2. The first-order chi connectivity index (χ1) is 12.3. The van der Waals surface area contributed by atoms with Crippen LogP contribution in [0.2, 0.25) is 0 Å². The standard InChI is InChI=1S/C19H22O7/c1-9(2)16(20)25-13-7-19-14(26-19)5-4-11(8-23-18(19)22)6-12-15(13)10(3)17(21)24-12/h6,12-15,18,22H,1,3-5,7-8H2,2H3/b11-6+/t12-,13+,14-,15+,18?,19-/m1/s1. The molecule has 2 bridgehead atoms. The van der Waals surface area contributed by atoms with E-state index in [2.05, 4.69) is 13.2 Å². The lowest BCUT2D eigenvalue weighted by Crippen LogP contribution is -2.45. The summed E-state index contributed by atoms with van der Waals surface area (Å²) in [6, 6.07) is 0. The second-order valence-electron chi connectivity index (χ2n) is 7.44. The van der Waals surface area contributed by atoms with Gasteiger partial charge >= 0.3 is 11.9 Å². The van der Waals surface area contributed by atoms with E-state index >= 15 is 0 Å². The number of hydrogen-bond donors (Lipinski definition) is 1. The van der Waals surface area contributed by atoms with E-state index in [0.717, 1.165) is 18.4 Å². The van der Waals surface area contributed by atoms with Crippen LogP contribution < -0.4 is 0 Å². The number of fused-ring (bicyclic) bond motifs is 4. The van der Waals surface area contributed by atoms with Crippen molar-refractivity contribution in [2.24, 2.45) is 5.92 Å². The van der Waals surface area contributed by atoms with Gasteiger partial charge in [0.2, 0.25) is 0 Å². The summed E-state index contributed by atoms with van der Waals surface area (Å²) in [6.07, 6.45) is 0.815. The third-order valence-electron chi connectivity index (χ3n) is 5.61. The van der Waals surface area contributed by atoms with Crippen molar-refractivity contribution in [3.05, 3.63) is 36.0 Å². The predicted octanol–water partition coefficient (Wildman–Crippen LogP) is 1.17. The van der Waals surface area contributed by atoms with Crippen molar-refractivity contribution < 1.29 is 33.6 Å². The normalized spacial score (nSPS) is 43.3. The number of epoxide rings is 1. The molecule has 4 aliphatic heterocycles. The summed E-state index contributed by atoms with van der Waals surface area (Å²) in [6.45, 7) is 9.24. The summed E-state index contributed by atoms with van der Waals surface area (Å²) in [5.41, 5.74) is 0.475. The van der Waals surface area contributed by atoms with Crippen molar-refractivity contribution >= 4 is 11.9 Å². The van der Waals surface area contributed by atoms with Gasteiger partial charge in [0.05, 0.1) is 18.6 Å². The van der Waals surface area contributed by atoms with Crippen molar-refractivity contribution in [1.82, 2.24) is 0 Å². The van der Waals surface area contributed by atoms with E-state index in [1.165, 1.54) is 0 Å². The van der Waals surface area contributed by atoms with Crippen LogP contribution in [-0.4, -0.2) is 53.9 Å². The lowest BCUT2D eigenvalue weighted by molar-refractivity contribution is -0.163. The Labute approximate surface area is 151 Å². The molecule has 3 fully saturated rings. The van der Waals surface area contributed by atoms with Crippen molar-refractivity contribution in [2.75, 3.05) is 6.61 Å². The number of carbonyl (C=O) groups excluding carboxylic acids is 2. The van der Waals surface area contributed by atoms with Gasteiger partial charge in [-0.2, -0.15) is 0 Å². The van der Waals surface area contributed by atoms with Gasteiger partial charge in [-0.15, -0.1) is 0 Å². The maximum Gasteiger partial charge on any atom is 0.334 e. The summed E-state index contributed by atoms with van der Waals surface area (Å²) in [5.74, 6) is -1.61. The average molecular weight is 362 g/mol. The topological polar surface area (TPSA) is 94.6 Å². The SMILES string of the molecule is C=C(C)C(=O)O[C@H]1C[C@@]23O[C@@H]2CC/C(=C\[C@H]2OC(=O)C(=C)[C@H]12)COC3O. The quantitative estimate of drug-likeness (QED) is 0.341. The second-order valence-corrected chi connectivity index (χ2v) is 7.44. The Morgan fingerprint density at radius 1 is 1.46 bits per heavy atom. The Hall–Kier alpha value is -1.96. The summed E-state index contributed by atoms with van der Waals surface area (Å²) in [7, 11) is 0. The van der Waals surface area contributed by atoms with Crippen molar-refractivity contribution in [3.8, 4) is 0 Å². The van der Waals surface area contributed by atoms with E-state index in [-0.39, 0.29) is 30.3 Å². The van der Waals surface area contributed by atoms with E-state index in [1.54, 1.807) is 6.92 Å². The van der Waals surface area contributed by atoms with Crippen LogP contribution in [0.5, 0.6) is 0 Å². The molecule has 0 aromatic rings. The van der Waals surface area contributed by atoms with Crippen molar-refractivity contribution in [1.29, 1.82) is 0 Å². The Morgan fingerprint density at radius 2 is 2.23 bits per heavy atom. The van der Waals surface area contributed by atoms with Crippen LogP contribution in [0.25, 0.3) is 0 Å².